The SMILES string of the molecule is O=S1(=O)N=C(n2cccc2)c2sccc21. The number of sulfonamides is 1. The van der Waals surface area contributed by atoms with Crippen LogP contribution in [0.15, 0.2) is 45.3 Å². The van der Waals surface area contributed by atoms with Gasteiger partial charge < -0.3 is 4.57 Å². The Morgan fingerprint density at radius 2 is 2.00 bits per heavy atom. The molecule has 4 nitrogen and oxygen atoms in total. The molecule has 0 fully saturated rings. The van der Waals surface area contributed by atoms with Crippen molar-refractivity contribution in [3.63, 3.8) is 0 Å². The highest BCUT2D eigenvalue weighted by atomic mass is 32.2. The zero-order chi connectivity index (χ0) is 10.5. The maximum atomic E-state index is 11.6. The van der Waals surface area contributed by atoms with Crippen LogP contribution in [0.3, 0.4) is 0 Å². The van der Waals surface area contributed by atoms with E-state index in [-0.39, 0.29) is 0 Å². The molecular formula is C9H6N2O2S2. The fraction of sp³-hybridized carbons (Fsp3) is 0. The molecule has 0 radical (unpaired) electrons. The molecule has 0 bridgehead atoms. The predicted molar refractivity (Wildman–Crippen MR) is 57.9 cm³/mol. The molecule has 0 aromatic carbocycles. The largest absolute Gasteiger partial charge is 0.307 e. The summed E-state index contributed by atoms with van der Waals surface area (Å²) < 4.78 is 28.7. The fourth-order valence-corrected chi connectivity index (χ4v) is 3.97. The number of hydrogen-bond donors (Lipinski definition) is 0. The highest BCUT2D eigenvalue weighted by molar-refractivity contribution is 7.91. The summed E-state index contributed by atoms with van der Waals surface area (Å²) in [6.45, 7) is 0. The normalized spacial score (nSPS) is 17.5. The van der Waals surface area contributed by atoms with Crippen molar-refractivity contribution >= 4 is 27.2 Å². The summed E-state index contributed by atoms with van der Waals surface area (Å²) in [6.07, 6.45) is 3.56. The first kappa shape index (κ1) is 8.87. The smallest absolute Gasteiger partial charge is 0.285 e. The molecule has 1 aliphatic heterocycles. The van der Waals surface area contributed by atoms with Crippen LogP contribution in [0.4, 0.5) is 0 Å². The molecule has 1 aliphatic rings. The first-order chi connectivity index (χ1) is 7.18. The maximum Gasteiger partial charge on any atom is 0.285 e. The zero-order valence-corrected chi connectivity index (χ0v) is 9.12. The summed E-state index contributed by atoms with van der Waals surface area (Å²) in [5.74, 6) is 0.491. The van der Waals surface area contributed by atoms with Gasteiger partial charge in [0.1, 0.15) is 4.90 Å². The molecule has 0 N–H and O–H groups in total. The van der Waals surface area contributed by atoms with Crippen molar-refractivity contribution in [1.29, 1.82) is 0 Å². The highest BCUT2D eigenvalue weighted by Gasteiger charge is 2.30. The number of rotatable bonds is 0. The number of fused-ring (bicyclic) bond motifs is 1. The molecule has 76 valence electrons. The van der Waals surface area contributed by atoms with Gasteiger partial charge in [-0.25, -0.2) is 0 Å². The summed E-state index contributed by atoms with van der Waals surface area (Å²) in [7, 11) is -3.46. The molecule has 15 heavy (non-hydrogen) atoms. The van der Waals surface area contributed by atoms with Gasteiger partial charge in [-0.2, -0.15) is 8.42 Å². The van der Waals surface area contributed by atoms with Gasteiger partial charge in [0.15, 0.2) is 5.84 Å². The fourth-order valence-electron chi connectivity index (χ4n) is 1.51. The Hall–Kier alpha value is -1.40. The lowest BCUT2D eigenvalue weighted by Gasteiger charge is -1.98. The average Bonchev–Trinajstić information content (AvgIpc) is 2.86. The summed E-state index contributed by atoms with van der Waals surface area (Å²) in [5.41, 5.74) is 0. The van der Waals surface area contributed by atoms with Crippen LogP contribution in [0.5, 0.6) is 0 Å². The van der Waals surface area contributed by atoms with Gasteiger partial charge in [-0.15, -0.1) is 15.7 Å². The second-order valence-corrected chi connectivity index (χ2v) is 5.58. The lowest BCUT2D eigenvalue weighted by atomic mass is 10.4. The Morgan fingerprint density at radius 1 is 1.27 bits per heavy atom. The molecule has 3 rings (SSSR count). The minimum absolute atomic E-state index is 0.316. The predicted octanol–water partition coefficient (Wildman–Crippen LogP) is 1.55. The van der Waals surface area contributed by atoms with Crippen molar-refractivity contribution in [2.75, 3.05) is 0 Å². The number of hydrogen-bond acceptors (Lipinski definition) is 3. The van der Waals surface area contributed by atoms with Crippen molar-refractivity contribution in [1.82, 2.24) is 4.57 Å². The van der Waals surface area contributed by atoms with E-state index in [4.69, 9.17) is 0 Å². The molecule has 0 atom stereocenters. The minimum atomic E-state index is -3.46. The lowest BCUT2D eigenvalue weighted by molar-refractivity contribution is 0.599. The van der Waals surface area contributed by atoms with Crippen LogP contribution < -0.4 is 0 Å². The van der Waals surface area contributed by atoms with Crippen molar-refractivity contribution < 1.29 is 8.42 Å². The molecule has 0 unspecified atom stereocenters. The van der Waals surface area contributed by atoms with Crippen LogP contribution in [0, 0.1) is 0 Å². The molecule has 0 aliphatic carbocycles. The van der Waals surface area contributed by atoms with Crippen LogP contribution in [0.2, 0.25) is 0 Å². The van der Waals surface area contributed by atoms with Crippen LogP contribution in [0.25, 0.3) is 0 Å². The van der Waals surface area contributed by atoms with Crippen molar-refractivity contribution in [3.05, 3.63) is 40.8 Å². The molecular weight excluding hydrogens is 232 g/mol. The van der Waals surface area contributed by atoms with Crippen molar-refractivity contribution in [2.24, 2.45) is 4.40 Å². The number of aromatic nitrogens is 1. The van der Waals surface area contributed by atoms with Gasteiger partial charge in [0.2, 0.25) is 0 Å². The Balaban J connectivity index is 2.31. The second-order valence-electron chi connectivity index (χ2n) is 3.09. The van der Waals surface area contributed by atoms with Gasteiger partial charge in [-0.05, 0) is 23.6 Å². The molecule has 6 heteroatoms. The van der Waals surface area contributed by atoms with Gasteiger partial charge in [0.25, 0.3) is 10.0 Å². The summed E-state index contributed by atoms with van der Waals surface area (Å²) in [5, 5.41) is 1.76. The van der Waals surface area contributed by atoms with E-state index in [1.54, 1.807) is 28.4 Å². The van der Waals surface area contributed by atoms with Gasteiger partial charge in [-0.1, -0.05) is 0 Å². The average molecular weight is 238 g/mol. The maximum absolute atomic E-state index is 11.6. The Labute approximate surface area is 90.6 Å². The standard InChI is InChI=1S/C9H6N2O2S2/c12-15(13)7-3-6-14-8(7)9(10-15)11-4-1-2-5-11/h1-6H. The van der Waals surface area contributed by atoms with Crippen molar-refractivity contribution in [3.8, 4) is 0 Å². The van der Waals surface area contributed by atoms with Crippen LogP contribution >= 0.6 is 11.3 Å². The lowest BCUT2D eigenvalue weighted by Crippen LogP contribution is -2.06. The van der Waals surface area contributed by atoms with E-state index in [0.717, 1.165) is 0 Å². The van der Waals surface area contributed by atoms with Gasteiger partial charge >= 0.3 is 0 Å². The van der Waals surface area contributed by atoms with Crippen molar-refractivity contribution in [2.45, 2.75) is 4.90 Å². The number of nitrogens with zero attached hydrogens (tertiary/aromatic N) is 2. The van der Waals surface area contributed by atoms with E-state index in [1.807, 2.05) is 12.1 Å². The van der Waals surface area contributed by atoms with E-state index >= 15 is 0 Å². The summed E-state index contributed by atoms with van der Waals surface area (Å²) in [4.78, 5) is 1.03. The van der Waals surface area contributed by atoms with Gasteiger partial charge in [-0.3, -0.25) is 0 Å². The van der Waals surface area contributed by atoms with Crippen LogP contribution in [-0.2, 0) is 10.0 Å². The molecule has 0 saturated carbocycles. The Morgan fingerprint density at radius 3 is 2.73 bits per heavy atom. The number of thiophene rings is 1. The highest BCUT2D eigenvalue weighted by Crippen LogP contribution is 2.31. The second kappa shape index (κ2) is 2.80. The third-order valence-corrected chi connectivity index (χ3v) is 4.51. The Bertz CT molecular complexity index is 635. The molecule has 0 amide bonds. The first-order valence-corrected chi connectivity index (χ1v) is 6.57. The monoisotopic (exact) mass is 238 g/mol. The third kappa shape index (κ3) is 1.18. The zero-order valence-electron chi connectivity index (χ0n) is 7.49. The van der Waals surface area contributed by atoms with E-state index in [2.05, 4.69) is 4.40 Å². The summed E-state index contributed by atoms with van der Waals surface area (Å²) in [6, 6.07) is 5.26. The van der Waals surface area contributed by atoms with Crippen LogP contribution in [-0.4, -0.2) is 18.8 Å². The quantitative estimate of drug-likeness (QED) is 0.699. The molecule has 0 saturated heterocycles. The Kier molecular flexibility index (Phi) is 1.66. The van der Waals surface area contributed by atoms with Gasteiger partial charge in [0, 0.05) is 12.4 Å². The van der Waals surface area contributed by atoms with E-state index in [9.17, 15) is 8.42 Å². The first-order valence-electron chi connectivity index (χ1n) is 4.25. The summed E-state index contributed by atoms with van der Waals surface area (Å²) >= 11 is 1.39. The third-order valence-electron chi connectivity index (χ3n) is 2.17. The van der Waals surface area contributed by atoms with E-state index in [1.165, 1.54) is 11.3 Å². The van der Waals surface area contributed by atoms with Crippen LogP contribution in [0.1, 0.15) is 4.88 Å². The minimum Gasteiger partial charge on any atom is -0.307 e. The molecule has 2 aromatic rings. The molecule has 3 heterocycles. The van der Waals surface area contributed by atoms with E-state index in [0.29, 0.717) is 15.6 Å². The topological polar surface area (TPSA) is 51.4 Å². The molecule has 0 spiro atoms. The van der Waals surface area contributed by atoms with E-state index < -0.39 is 10.0 Å². The molecule has 2 aromatic heterocycles. The van der Waals surface area contributed by atoms with Gasteiger partial charge in [0.05, 0.1) is 4.88 Å².